The maximum Gasteiger partial charge on any atom is 0.138 e. The molecule has 6 heteroatoms. The van der Waals surface area contributed by atoms with Crippen molar-refractivity contribution in [2.45, 2.75) is 6.04 Å². The maximum absolute atomic E-state index is 10.2. The van der Waals surface area contributed by atoms with Crippen molar-refractivity contribution < 1.29 is 5.11 Å². The Morgan fingerprint density at radius 1 is 0.867 bits per heavy atom. The summed E-state index contributed by atoms with van der Waals surface area (Å²) in [6.07, 6.45) is 1.74. The first-order chi connectivity index (χ1) is 14.6. The third kappa shape index (κ3) is 3.57. The lowest BCUT2D eigenvalue weighted by atomic mass is 10.0. The Morgan fingerprint density at radius 3 is 2.10 bits per heavy atom. The van der Waals surface area contributed by atoms with Crippen molar-refractivity contribution in [2.75, 3.05) is 26.2 Å². The van der Waals surface area contributed by atoms with Crippen molar-refractivity contribution in [3.63, 3.8) is 0 Å². The number of hydrogen-bond donors (Lipinski definition) is 1. The zero-order valence-corrected chi connectivity index (χ0v) is 19.5. The van der Waals surface area contributed by atoms with Gasteiger partial charge >= 0.3 is 0 Å². The van der Waals surface area contributed by atoms with Gasteiger partial charge in [-0.05, 0) is 50.3 Å². The van der Waals surface area contributed by atoms with Gasteiger partial charge in [-0.15, -0.1) is 0 Å². The largest absolute Gasteiger partial charge is 0.506 e. The minimum atomic E-state index is 0.208. The fourth-order valence-electron chi connectivity index (χ4n) is 4.44. The molecule has 1 saturated heterocycles. The first-order valence-electron chi connectivity index (χ1n) is 10.0. The van der Waals surface area contributed by atoms with E-state index in [1.165, 1.54) is 22.3 Å². The van der Waals surface area contributed by atoms with E-state index in [2.05, 4.69) is 95.4 Å². The van der Waals surface area contributed by atoms with Crippen LogP contribution in [0.3, 0.4) is 0 Å². The number of fused-ring (bicyclic) bond motifs is 3. The van der Waals surface area contributed by atoms with Gasteiger partial charge in [-0.2, -0.15) is 5.10 Å². The SMILES string of the molecule is Oc1c(Br)cc(Br)cc1/C=N/N1CCN(C2c3ccccc3-c3ccccc32)CC1. The second kappa shape index (κ2) is 8.17. The van der Waals surface area contributed by atoms with E-state index in [0.29, 0.717) is 16.1 Å². The molecule has 0 unspecified atom stereocenters. The number of phenolic OH excluding ortho intramolecular Hbond substituents is 1. The molecule has 0 saturated carbocycles. The van der Waals surface area contributed by atoms with Crippen LogP contribution in [0.4, 0.5) is 0 Å². The minimum absolute atomic E-state index is 0.208. The molecule has 1 heterocycles. The predicted molar refractivity (Wildman–Crippen MR) is 128 cm³/mol. The lowest BCUT2D eigenvalue weighted by molar-refractivity contribution is 0.114. The summed E-state index contributed by atoms with van der Waals surface area (Å²) >= 11 is 6.84. The van der Waals surface area contributed by atoms with Gasteiger partial charge in [0.1, 0.15) is 5.75 Å². The van der Waals surface area contributed by atoms with Crippen molar-refractivity contribution in [3.8, 4) is 16.9 Å². The lowest BCUT2D eigenvalue weighted by Gasteiger charge is -2.37. The molecular weight excluding hydrogens is 506 g/mol. The average Bonchev–Trinajstić information content (AvgIpc) is 3.10. The molecule has 2 aliphatic rings. The number of benzene rings is 3. The summed E-state index contributed by atoms with van der Waals surface area (Å²) in [6, 6.07) is 21.5. The second-order valence-corrected chi connectivity index (χ2v) is 9.41. The van der Waals surface area contributed by atoms with Gasteiger partial charge in [0.05, 0.1) is 16.7 Å². The van der Waals surface area contributed by atoms with E-state index in [1.807, 2.05) is 12.1 Å². The Balaban J connectivity index is 1.32. The highest BCUT2D eigenvalue weighted by molar-refractivity contribution is 9.11. The highest BCUT2D eigenvalue weighted by Gasteiger charge is 2.33. The minimum Gasteiger partial charge on any atom is -0.506 e. The summed E-state index contributed by atoms with van der Waals surface area (Å²) < 4.78 is 1.55. The summed E-state index contributed by atoms with van der Waals surface area (Å²) in [7, 11) is 0. The van der Waals surface area contributed by atoms with Gasteiger partial charge in [0.2, 0.25) is 0 Å². The van der Waals surface area contributed by atoms with Crippen molar-refractivity contribution in [3.05, 3.63) is 86.3 Å². The molecule has 1 aliphatic carbocycles. The third-order valence-electron chi connectivity index (χ3n) is 5.87. The average molecular weight is 527 g/mol. The van der Waals surface area contributed by atoms with Crippen molar-refractivity contribution in [1.29, 1.82) is 0 Å². The van der Waals surface area contributed by atoms with Crippen LogP contribution in [-0.4, -0.2) is 47.4 Å². The molecule has 4 nitrogen and oxygen atoms in total. The van der Waals surface area contributed by atoms with Gasteiger partial charge in [0.25, 0.3) is 0 Å². The molecule has 0 bridgehead atoms. The molecule has 0 atom stereocenters. The van der Waals surface area contributed by atoms with Crippen LogP contribution in [-0.2, 0) is 0 Å². The second-order valence-electron chi connectivity index (χ2n) is 7.64. The first kappa shape index (κ1) is 19.8. The van der Waals surface area contributed by atoms with Gasteiger partial charge in [-0.3, -0.25) is 9.91 Å². The van der Waals surface area contributed by atoms with Gasteiger partial charge in [0.15, 0.2) is 0 Å². The van der Waals surface area contributed by atoms with Crippen LogP contribution in [0.15, 0.2) is 74.7 Å². The zero-order valence-electron chi connectivity index (χ0n) is 16.3. The van der Waals surface area contributed by atoms with E-state index >= 15 is 0 Å². The van der Waals surface area contributed by atoms with E-state index in [0.717, 1.165) is 30.7 Å². The Kier molecular flexibility index (Phi) is 5.39. The van der Waals surface area contributed by atoms with Crippen LogP contribution in [0.1, 0.15) is 22.7 Å². The standard InChI is InChI=1S/C24H21Br2N3O/c25-17-13-16(24(30)22(26)14-17)15-27-29-11-9-28(10-12-29)23-20-7-3-1-5-18(20)19-6-2-4-8-21(19)23/h1-8,13-15,23,30H,9-12H2/b27-15+. The monoisotopic (exact) mass is 525 g/mol. The number of aromatic hydroxyl groups is 1. The zero-order chi connectivity index (χ0) is 20.7. The summed E-state index contributed by atoms with van der Waals surface area (Å²) in [5.74, 6) is 0.208. The van der Waals surface area contributed by atoms with Crippen LogP contribution in [0.5, 0.6) is 5.75 Å². The molecule has 0 radical (unpaired) electrons. The van der Waals surface area contributed by atoms with Crippen LogP contribution in [0, 0.1) is 0 Å². The molecule has 0 aromatic heterocycles. The van der Waals surface area contributed by atoms with Gasteiger partial charge in [-0.25, -0.2) is 0 Å². The molecular formula is C24H21Br2N3O. The van der Waals surface area contributed by atoms with Gasteiger partial charge < -0.3 is 5.11 Å². The fourth-order valence-corrected chi connectivity index (χ4v) is 5.69. The molecule has 1 aliphatic heterocycles. The topological polar surface area (TPSA) is 39.1 Å². The molecule has 0 spiro atoms. The summed E-state index contributed by atoms with van der Waals surface area (Å²) in [6.45, 7) is 3.60. The molecule has 1 N–H and O–H groups in total. The normalized spacial score (nSPS) is 16.8. The van der Waals surface area contributed by atoms with Gasteiger partial charge in [-0.1, -0.05) is 64.5 Å². The smallest absolute Gasteiger partial charge is 0.138 e. The highest BCUT2D eigenvalue weighted by atomic mass is 79.9. The summed E-state index contributed by atoms with van der Waals surface area (Å²) in [5, 5.41) is 16.9. The summed E-state index contributed by atoms with van der Waals surface area (Å²) in [5.41, 5.74) is 6.21. The van der Waals surface area contributed by atoms with E-state index in [9.17, 15) is 5.11 Å². The lowest BCUT2D eigenvalue weighted by Crippen LogP contribution is -2.45. The number of nitrogens with zero attached hydrogens (tertiary/aromatic N) is 3. The predicted octanol–water partition coefficient (Wildman–Crippen LogP) is 5.64. The highest BCUT2D eigenvalue weighted by Crippen LogP contribution is 2.46. The van der Waals surface area contributed by atoms with Crippen LogP contribution >= 0.6 is 31.9 Å². The number of rotatable bonds is 3. The third-order valence-corrected chi connectivity index (χ3v) is 6.94. The van der Waals surface area contributed by atoms with E-state index in [1.54, 1.807) is 6.21 Å². The Hall–Kier alpha value is -2.15. The quantitative estimate of drug-likeness (QED) is 0.449. The molecule has 152 valence electrons. The molecule has 3 aromatic rings. The van der Waals surface area contributed by atoms with Crippen LogP contribution in [0.2, 0.25) is 0 Å². The number of hydrazone groups is 1. The molecule has 1 fully saturated rings. The molecule has 30 heavy (non-hydrogen) atoms. The molecule has 3 aromatic carbocycles. The van der Waals surface area contributed by atoms with E-state index in [-0.39, 0.29) is 5.75 Å². The van der Waals surface area contributed by atoms with Gasteiger partial charge in [0, 0.05) is 36.2 Å². The number of piperazine rings is 1. The Morgan fingerprint density at radius 2 is 1.47 bits per heavy atom. The number of phenols is 1. The summed E-state index contributed by atoms with van der Waals surface area (Å²) in [4.78, 5) is 2.56. The van der Waals surface area contributed by atoms with Crippen LogP contribution in [0.25, 0.3) is 11.1 Å². The van der Waals surface area contributed by atoms with Crippen molar-refractivity contribution in [2.24, 2.45) is 5.10 Å². The first-order valence-corrected chi connectivity index (χ1v) is 11.6. The fraction of sp³-hybridized carbons (Fsp3) is 0.208. The molecule has 5 rings (SSSR count). The molecule has 0 amide bonds. The van der Waals surface area contributed by atoms with E-state index < -0.39 is 0 Å². The van der Waals surface area contributed by atoms with Crippen molar-refractivity contribution in [1.82, 2.24) is 9.91 Å². The Labute approximate surface area is 193 Å². The van der Waals surface area contributed by atoms with Crippen molar-refractivity contribution >= 4 is 38.1 Å². The van der Waals surface area contributed by atoms with E-state index in [4.69, 9.17) is 0 Å². The number of hydrogen-bond acceptors (Lipinski definition) is 4. The Bertz CT molecular complexity index is 1080. The number of halogens is 2. The maximum atomic E-state index is 10.2. The van der Waals surface area contributed by atoms with Crippen LogP contribution < -0.4 is 0 Å².